The van der Waals surface area contributed by atoms with Crippen LogP contribution in [0.5, 0.6) is 0 Å². The maximum atomic E-state index is 12.6. The van der Waals surface area contributed by atoms with Gasteiger partial charge in [0.1, 0.15) is 5.54 Å². The van der Waals surface area contributed by atoms with Crippen LogP contribution in [-0.2, 0) is 4.79 Å². The Morgan fingerprint density at radius 3 is 2.44 bits per heavy atom. The minimum absolute atomic E-state index is 0.00889. The normalized spacial score (nSPS) is 28.6. The fourth-order valence-corrected chi connectivity index (χ4v) is 2.00. The summed E-state index contributed by atoms with van der Waals surface area (Å²) < 4.78 is 37.8. The maximum absolute atomic E-state index is 12.6. The number of carbonyl (C=O) groups excluding carboxylic acids is 1. The van der Waals surface area contributed by atoms with E-state index in [1.165, 1.54) is 0 Å². The van der Waals surface area contributed by atoms with Gasteiger partial charge >= 0.3 is 6.18 Å². The SMILES string of the molecule is O=C(NC1(C(F)(F)F)CC1)[C@H]1CCCCN1. The topological polar surface area (TPSA) is 41.1 Å². The van der Waals surface area contributed by atoms with Crippen molar-refractivity contribution >= 4 is 5.91 Å². The van der Waals surface area contributed by atoms with Gasteiger partial charge in [-0.05, 0) is 32.2 Å². The molecule has 92 valence electrons. The smallest absolute Gasteiger partial charge is 0.341 e. The van der Waals surface area contributed by atoms with Crippen LogP contribution < -0.4 is 10.6 Å². The summed E-state index contributed by atoms with van der Waals surface area (Å²) in [6, 6.07) is -0.450. The fraction of sp³-hybridized carbons (Fsp3) is 0.900. The highest BCUT2D eigenvalue weighted by molar-refractivity contribution is 5.83. The molecule has 0 aromatic heterocycles. The van der Waals surface area contributed by atoms with Gasteiger partial charge < -0.3 is 10.6 Å². The second-order valence-corrected chi connectivity index (χ2v) is 4.57. The molecule has 16 heavy (non-hydrogen) atoms. The van der Waals surface area contributed by atoms with Crippen molar-refractivity contribution in [3.05, 3.63) is 0 Å². The highest BCUT2D eigenvalue weighted by Gasteiger charge is 2.64. The van der Waals surface area contributed by atoms with Gasteiger partial charge in [-0.25, -0.2) is 0 Å². The van der Waals surface area contributed by atoms with Crippen molar-refractivity contribution in [2.45, 2.75) is 49.9 Å². The minimum atomic E-state index is -4.32. The first-order chi connectivity index (χ1) is 7.45. The molecular formula is C10H15F3N2O. The van der Waals surface area contributed by atoms with Crippen LogP contribution in [0.2, 0.25) is 0 Å². The third-order valence-corrected chi connectivity index (χ3v) is 3.28. The summed E-state index contributed by atoms with van der Waals surface area (Å²) >= 11 is 0. The standard InChI is InChI=1S/C10H15F3N2O/c11-10(12,13)9(4-5-9)15-8(16)7-3-1-2-6-14-7/h7,14H,1-6H2,(H,15,16)/t7-/m1/s1. The van der Waals surface area contributed by atoms with E-state index < -0.39 is 23.7 Å². The van der Waals surface area contributed by atoms with Crippen molar-refractivity contribution in [1.29, 1.82) is 0 Å². The number of piperidine rings is 1. The van der Waals surface area contributed by atoms with Crippen molar-refractivity contribution in [1.82, 2.24) is 10.6 Å². The zero-order valence-corrected chi connectivity index (χ0v) is 8.86. The summed E-state index contributed by atoms with van der Waals surface area (Å²) in [5.74, 6) is -0.505. The van der Waals surface area contributed by atoms with Crippen LogP contribution in [0.3, 0.4) is 0 Å². The predicted molar refractivity (Wildman–Crippen MR) is 51.8 cm³/mol. The number of nitrogens with one attached hydrogen (secondary N) is 2. The molecule has 0 aromatic carbocycles. The van der Waals surface area contributed by atoms with E-state index >= 15 is 0 Å². The second kappa shape index (κ2) is 3.91. The van der Waals surface area contributed by atoms with Crippen molar-refractivity contribution in [3.63, 3.8) is 0 Å². The molecule has 1 amide bonds. The Labute approximate surface area is 91.8 Å². The Morgan fingerprint density at radius 1 is 1.31 bits per heavy atom. The molecule has 0 radical (unpaired) electrons. The number of alkyl halides is 3. The van der Waals surface area contributed by atoms with E-state index in [-0.39, 0.29) is 12.8 Å². The Morgan fingerprint density at radius 2 is 2.00 bits per heavy atom. The summed E-state index contributed by atoms with van der Waals surface area (Å²) in [7, 11) is 0. The van der Waals surface area contributed by atoms with Crippen molar-refractivity contribution in [2.75, 3.05) is 6.54 Å². The molecule has 1 atom stereocenters. The van der Waals surface area contributed by atoms with E-state index in [0.717, 1.165) is 12.8 Å². The monoisotopic (exact) mass is 236 g/mol. The summed E-state index contributed by atoms with van der Waals surface area (Å²) in [6.45, 7) is 0.705. The van der Waals surface area contributed by atoms with Crippen LogP contribution in [0.25, 0.3) is 0 Å². The van der Waals surface area contributed by atoms with Gasteiger partial charge in [0.15, 0.2) is 0 Å². The molecule has 0 aromatic rings. The summed E-state index contributed by atoms with van der Waals surface area (Å²) in [5, 5.41) is 5.09. The van der Waals surface area contributed by atoms with E-state index in [9.17, 15) is 18.0 Å². The number of halogens is 3. The predicted octanol–water partition coefficient (Wildman–Crippen LogP) is 1.34. The first kappa shape index (κ1) is 11.7. The largest absolute Gasteiger partial charge is 0.411 e. The Hall–Kier alpha value is -0.780. The van der Waals surface area contributed by atoms with Crippen molar-refractivity contribution in [2.24, 2.45) is 0 Å². The minimum Gasteiger partial charge on any atom is -0.341 e. The third-order valence-electron chi connectivity index (χ3n) is 3.28. The quantitative estimate of drug-likeness (QED) is 0.759. The average molecular weight is 236 g/mol. The van der Waals surface area contributed by atoms with Gasteiger partial charge in [-0.15, -0.1) is 0 Å². The number of hydrogen-bond donors (Lipinski definition) is 2. The van der Waals surface area contributed by atoms with Gasteiger partial charge in [0.05, 0.1) is 6.04 Å². The first-order valence-electron chi connectivity index (χ1n) is 5.57. The molecule has 1 aliphatic heterocycles. The van der Waals surface area contributed by atoms with Gasteiger partial charge in [0, 0.05) is 0 Å². The zero-order valence-electron chi connectivity index (χ0n) is 8.86. The van der Waals surface area contributed by atoms with E-state index in [1.807, 2.05) is 0 Å². The maximum Gasteiger partial charge on any atom is 0.411 e. The highest BCUT2D eigenvalue weighted by Crippen LogP contribution is 2.48. The molecule has 2 aliphatic rings. The number of carbonyl (C=O) groups is 1. The molecular weight excluding hydrogens is 221 g/mol. The molecule has 1 saturated carbocycles. The average Bonchev–Trinajstić information content (AvgIpc) is 2.99. The van der Waals surface area contributed by atoms with Crippen LogP contribution in [0.4, 0.5) is 13.2 Å². The number of rotatable bonds is 2. The first-order valence-corrected chi connectivity index (χ1v) is 5.57. The Kier molecular flexibility index (Phi) is 2.86. The third kappa shape index (κ3) is 2.16. The molecule has 1 heterocycles. The van der Waals surface area contributed by atoms with Gasteiger partial charge in [-0.1, -0.05) is 6.42 Å². The van der Waals surface area contributed by atoms with E-state index in [1.54, 1.807) is 0 Å². The second-order valence-electron chi connectivity index (χ2n) is 4.57. The molecule has 3 nitrogen and oxygen atoms in total. The lowest BCUT2D eigenvalue weighted by Crippen LogP contribution is -2.55. The summed E-state index contributed by atoms with van der Waals surface area (Å²) in [6.07, 6.45) is -1.81. The lowest BCUT2D eigenvalue weighted by atomic mass is 10.0. The molecule has 0 unspecified atom stereocenters. The Bertz CT molecular complexity index is 280. The zero-order chi connectivity index (χ0) is 11.8. The van der Waals surface area contributed by atoms with E-state index in [0.29, 0.717) is 13.0 Å². The summed E-state index contributed by atoms with van der Waals surface area (Å²) in [4.78, 5) is 11.6. The van der Waals surface area contributed by atoms with Crippen LogP contribution in [-0.4, -0.2) is 30.2 Å². The van der Waals surface area contributed by atoms with Crippen LogP contribution in [0.15, 0.2) is 0 Å². The van der Waals surface area contributed by atoms with Gasteiger partial charge in [0.25, 0.3) is 0 Å². The Balaban J connectivity index is 1.92. The van der Waals surface area contributed by atoms with Crippen molar-refractivity contribution < 1.29 is 18.0 Å². The van der Waals surface area contributed by atoms with Crippen LogP contribution >= 0.6 is 0 Å². The van der Waals surface area contributed by atoms with Gasteiger partial charge in [0.2, 0.25) is 5.91 Å². The van der Waals surface area contributed by atoms with E-state index in [4.69, 9.17) is 0 Å². The molecule has 2 fully saturated rings. The summed E-state index contributed by atoms with van der Waals surface area (Å²) in [5.41, 5.74) is -1.93. The molecule has 2 rings (SSSR count). The highest BCUT2D eigenvalue weighted by atomic mass is 19.4. The van der Waals surface area contributed by atoms with Gasteiger partial charge in [-0.2, -0.15) is 13.2 Å². The number of amides is 1. The lowest BCUT2D eigenvalue weighted by molar-refractivity contribution is -0.171. The number of hydrogen-bond acceptors (Lipinski definition) is 2. The van der Waals surface area contributed by atoms with Crippen LogP contribution in [0, 0.1) is 0 Å². The molecule has 1 aliphatic carbocycles. The lowest BCUT2D eigenvalue weighted by Gasteiger charge is -2.27. The van der Waals surface area contributed by atoms with E-state index in [2.05, 4.69) is 10.6 Å². The van der Waals surface area contributed by atoms with Crippen molar-refractivity contribution in [3.8, 4) is 0 Å². The molecule has 0 spiro atoms. The van der Waals surface area contributed by atoms with Crippen LogP contribution in [0.1, 0.15) is 32.1 Å². The molecule has 1 saturated heterocycles. The molecule has 2 N–H and O–H groups in total. The fourth-order valence-electron chi connectivity index (χ4n) is 2.00. The molecule has 0 bridgehead atoms. The van der Waals surface area contributed by atoms with Gasteiger partial charge in [-0.3, -0.25) is 4.79 Å². The molecule has 6 heteroatoms.